The largest absolute Gasteiger partial charge is 0.481 e. The van der Waals surface area contributed by atoms with Crippen LogP contribution in [0.1, 0.15) is 76.2 Å². The molecule has 3 atom stereocenters. The molecule has 0 spiro atoms. The number of carbonyl (C=O) groups is 5. The Hall–Kier alpha value is -7.14. The minimum absolute atomic E-state index is 0.0141. The second-order valence-electron chi connectivity index (χ2n) is 20.6. The molecule has 0 bridgehead atoms. The summed E-state index contributed by atoms with van der Waals surface area (Å²) < 4.78 is 12.2. The Labute approximate surface area is 449 Å². The maximum atomic E-state index is 14.2. The zero-order valence-electron chi connectivity index (χ0n) is 43.3. The van der Waals surface area contributed by atoms with E-state index >= 15 is 0 Å². The van der Waals surface area contributed by atoms with Crippen molar-refractivity contribution >= 4 is 79.4 Å². The number of fused-ring (bicyclic) bond motifs is 1. The summed E-state index contributed by atoms with van der Waals surface area (Å²) >= 11 is 2.90. The van der Waals surface area contributed by atoms with Crippen LogP contribution in [0, 0.1) is 19.3 Å². The molecule has 22 heteroatoms. The molecule has 2 aromatic carbocycles. The van der Waals surface area contributed by atoms with Gasteiger partial charge in [0.25, 0.3) is 5.91 Å². The number of β-amino-alcohol motifs (C(OH)–C–C–N with tert-alkyl or cyclic N) is 1. The topological polar surface area (TPSA) is 246 Å². The fourth-order valence-electron chi connectivity index (χ4n) is 9.60. The van der Waals surface area contributed by atoms with Crippen LogP contribution >= 0.6 is 22.7 Å². The number of piperazine rings is 1. The van der Waals surface area contributed by atoms with E-state index < -0.39 is 41.5 Å². The van der Waals surface area contributed by atoms with Crippen LogP contribution in [0.3, 0.4) is 0 Å². The first-order valence-electron chi connectivity index (χ1n) is 25.6. The molecule has 1 saturated carbocycles. The van der Waals surface area contributed by atoms with Crippen LogP contribution in [0.4, 0.5) is 21.6 Å². The van der Waals surface area contributed by atoms with Crippen molar-refractivity contribution < 1.29 is 38.6 Å². The van der Waals surface area contributed by atoms with Crippen LogP contribution < -0.4 is 30.9 Å². The number of ether oxygens (including phenoxy) is 2. The van der Waals surface area contributed by atoms with Gasteiger partial charge in [-0.1, -0.05) is 68.9 Å². The highest BCUT2D eigenvalue weighted by atomic mass is 32.1. The molecule has 4 aromatic heterocycles. The Balaban J connectivity index is 0.710. The van der Waals surface area contributed by atoms with Crippen molar-refractivity contribution in [2.24, 2.45) is 5.41 Å². The lowest BCUT2D eigenvalue weighted by Crippen LogP contribution is -2.59. The van der Waals surface area contributed by atoms with E-state index in [-0.39, 0.29) is 50.6 Å². The Morgan fingerprint density at radius 1 is 0.829 bits per heavy atom. The molecule has 5 N–H and O–H groups in total. The summed E-state index contributed by atoms with van der Waals surface area (Å²) in [6, 6.07) is 13.7. The molecule has 6 heterocycles. The second-order valence-corrected chi connectivity index (χ2v) is 22.5. The Kier molecular flexibility index (Phi) is 16.8. The van der Waals surface area contributed by atoms with E-state index in [0.717, 1.165) is 63.2 Å². The summed E-state index contributed by atoms with van der Waals surface area (Å²) in [5, 5.41) is 22.7. The number of aliphatic hydroxyl groups excluding tert-OH is 1. The van der Waals surface area contributed by atoms with Crippen LogP contribution in [0.5, 0.6) is 5.75 Å². The molecule has 76 heavy (non-hydrogen) atoms. The highest BCUT2D eigenvalue weighted by molar-refractivity contribution is 7.22. The highest BCUT2D eigenvalue weighted by Crippen LogP contribution is 2.33. The average molecular weight is 1070 g/mol. The summed E-state index contributed by atoms with van der Waals surface area (Å²) in [5.41, 5.74) is 7.66. The van der Waals surface area contributed by atoms with Gasteiger partial charge in [0.05, 0.1) is 62.7 Å². The third-order valence-corrected chi connectivity index (χ3v) is 15.7. The number of amides is 5. The van der Waals surface area contributed by atoms with E-state index in [1.54, 1.807) is 17.5 Å². The smallest absolute Gasteiger partial charge is 0.411 e. The van der Waals surface area contributed by atoms with Crippen LogP contribution in [0.2, 0.25) is 0 Å². The van der Waals surface area contributed by atoms with Crippen LogP contribution in [-0.4, -0.2) is 140 Å². The Morgan fingerprint density at radius 2 is 1.57 bits per heavy atom. The zero-order valence-corrected chi connectivity index (χ0v) is 45.0. The molecule has 5 amide bonds. The minimum atomic E-state index is -0.945. The normalized spacial score (nSPS) is 17.8. The lowest BCUT2D eigenvalue weighted by Gasteiger charge is -2.37. The minimum Gasteiger partial charge on any atom is -0.481 e. The van der Waals surface area contributed by atoms with Gasteiger partial charge in [-0.05, 0) is 79.8 Å². The molecule has 9 rings (SSSR count). The lowest BCUT2D eigenvalue weighted by atomic mass is 9.85. The maximum Gasteiger partial charge on any atom is 0.411 e. The Morgan fingerprint density at radius 3 is 2.28 bits per heavy atom. The highest BCUT2D eigenvalue weighted by Gasteiger charge is 2.44. The fraction of sp³-hybridized carbons (Fsp3) is 0.444. The number of aryl methyl sites for hydroxylation is 2. The SMILES string of the molecule is Cc1ncc(-c2ccc3nc(NC(=O)COc4cnc(N5CCN(CC(=O)N[C@H](C(=O)N6C[C@H](O)C[C@H]6C(=O)NCc6ccc(-c7scnc7C)cc6)C(C)(C)C)CC5)nc4)sc3c2)cc1NC(=O)OC1CCCCC1. The van der Waals surface area contributed by atoms with Crippen LogP contribution in [-0.2, 0) is 30.5 Å². The third-order valence-electron chi connectivity index (χ3n) is 13.8. The van der Waals surface area contributed by atoms with Gasteiger partial charge in [-0.25, -0.2) is 24.7 Å². The number of hydrogen-bond acceptors (Lipinski definition) is 17. The molecule has 400 valence electrons. The number of aromatic nitrogens is 5. The summed E-state index contributed by atoms with van der Waals surface area (Å²) in [6.45, 7) is 11.5. The number of carbonyl (C=O) groups excluding carboxylic acids is 5. The van der Waals surface area contributed by atoms with E-state index in [2.05, 4.69) is 46.2 Å². The standard InChI is InChI=1S/C54H64N12O8S2/c1-32-42(61-53(72)74-39-9-7-6-8-10-39)21-37(25-55-32)36-15-16-41-44(22-36)76-52(60-41)63-46(69)30-73-40-26-57-51(58-27-40)65-19-17-64(18-20-65)29-45(68)62-48(54(3,4)5)50(71)66-28-38(67)23-43(66)49(70)56-24-34-11-13-35(14-12-34)47-33(2)59-31-75-47/h11-16,21-22,25-27,31,38-39,43,48,67H,6-10,17-20,23-24,28-30H2,1-5H3,(H,56,70)(H,61,72)(H,62,68)(H,60,63,69)/t38-,43+,48-/m1/s1. The molecule has 2 saturated heterocycles. The quantitative estimate of drug-likeness (QED) is 0.0676. The van der Waals surface area contributed by atoms with Gasteiger partial charge in [0.2, 0.25) is 23.7 Å². The third kappa shape index (κ3) is 13.4. The van der Waals surface area contributed by atoms with E-state index in [9.17, 15) is 29.1 Å². The van der Waals surface area contributed by atoms with Gasteiger partial charge in [0, 0.05) is 57.4 Å². The van der Waals surface area contributed by atoms with E-state index in [0.29, 0.717) is 59.9 Å². The first-order chi connectivity index (χ1) is 36.5. The van der Waals surface area contributed by atoms with E-state index in [4.69, 9.17) is 9.47 Å². The van der Waals surface area contributed by atoms with Gasteiger partial charge < -0.3 is 35.0 Å². The number of anilines is 3. The Bertz CT molecular complexity index is 3040. The summed E-state index contributed by atoms with van der Waals surface area (Å²) in [7, 11) is 0. The van der Waals surface area contributed by atoms with Crippen molar-refractivity contribution in [1.82, 2.24) is 45.4 Å². The first-order valence-corrected chi connectivity index (χ1v) is 27.3. The average Bonchev–Trinajstić information content (AvgIpc) is 4.15. The van der Waals surface area contributed by atoms with Crippen LogP contribution in [0.25, 0.3) is 31.8 Å². The predicted molar refractivity (Wildman–Crippen MR) is 291 cm³/mol. The van der Waals surface area contributed by atoms with Gasteiger partial charge >= 0.3 is 6.09 Å². The van der Waals surface area contributed by atoms with Gasteiger partial charge in [-0.3, -0.25) is 39.7 Å². The molecule has 0 unspecified atom stereocenters. The molecular formula is C54H64N12O8S2. The van der Waals surface area contributed by atoms with Crippen molar-refractivity contribution in [3.05, 3.63) is 89.6 Å². The summed E-state index contributed by atoms with van der Waals surface area (Å²) in [4.78, 5) is 95.8. The number of thiazole rings is 2. The van der Waals surface area contributed by atoms with Crippen molar-refractivity contribution in [2.75, 3.05) is 61.4 Å². The lowest BCUT2D eigenvalue weighted by molar-refractivity contribution is -0.144. The van der Waals surface area contributed by atoms with E-state index in [1.165, 1.54) is 35.1 Å². The zero-order chi connectivity index (χ0) is 53.5. The van der Waals surface area contributed by atoms with Crippen molar-refractivity contribution in [3.8, 4) is 27.3 Å². The van der Waals surface area contributed by atoms with Crippen molar-refractivity contribution in [3.63, 3.8) is 0 Å². The van der Waals surface area contributed by atoms with Gasteiger partial charge in [-0.15, -0.1) is 11.3 Å². The van der Waals surface area contributed by atoms with Gasteiger partial charge in [-0.2, -0.15) is 0 Å². The summed E-state index contributed by atoms with van der Waals surface area (Å²) in [6.07, 6.45) is 8.53. The molecular weight excluding hydrogens is 1010 g/mol. The first kappa shape index (κ1) is 53.7. The van der Waals surface area contributed by atoms with Crippen LogP contribution in [0.15, 0.2) is 72.6 Å². The molecule has 0 radical (unpaired) electrons. The van der Waals surface area contributed by atoms with Crippen molar-refractivity contribution in [2.45, 2.75) is 104 Å². The van der Waals surface area contributed by atoms with Crippen molar-refractivity contribution in [1.29, 1.82) is 0 Å². The van der Waals surface area contributed by atoms with E-state index in [1.807, 2.05) is 98.5 Å². The number of rotatable bonds is 16. The molecule has 2 aliphatic heterocycles. The summed E-state index contributed by atoms with van der Waals surface area (Å²) in [5.74, 6) is -0.726. The molecule has 6 aromatic rings. The fourth-order valence-corrected chi connectivity index (χ4v) is 11.3. The number of hydrogen-bond donors (Lipinski definition) is 5. The maximum absolute atomic E-state index is 14.2. The van der Waals surface area contributed by atoms with Gasteiger partial charge in [0.1, 0.15) is 18.2 Å². The predicted octanol–water partition coefficient (Wildman–Crippen LogP) is 6.72. The number of likely N-dealkylation sites (tertiary alicyclic amines) is 1. The molecule has 20 nitrogen and oxygen atoms in total. The molecule has 3 fully saturated rings. The molecule has 3 aliphatic rings. The number of benzene rings is 2. The number of aliphatic hydroxyl groups is 1. The van der Waals surface area contributed by atoms with Gasteiger partial charge in [0.15, 0.2) is 17.5 Å². The number of pyridine rings is 1. The number of nitrogens with zero attached hydrogens (tertiary/aromatic N) is 8. The second kappa shape index (κ2) is 23.8. The monoisotopic (exact) mass is 1070 g/mol. The number of nitrogens with one attached hydrogen (secondary N) is 4. The molecule has 1 aliphatic carbocycles.